The third kappa shape index (κ3) is 2.66. The summed E-state index contributed by atoms with van der Waals surface area (Å²) in [5, 5.41) is 9.62. The van der Waals surface area contributed by atoms with Gasteiger partial charge >= 0.3 is 0 Å². The van der Waals surface area contributed by atoms with Gasteiger partial charge in [-0.15, -0.1) is 0 Å². The second-order valence-electron chi connectivity index (χ2n) is 3.76. The quantitative estimate of drug-likeness (QED) is 0.773. The van der Waals surface area contributed by atoms with E-state index in [2.05, 4.69) is 22.0 Å². The molecule has 0 heterocycles. The van der Waals surface area contributed by atoms with Gasteiger partial charge in [-0.3, -0.25) is 0 Å². The Labute approximate surface area is 119 Å². The molecule has 0 aromatic heterocycles. The lowest BCUT2D eigenvalue weighted by Crippen LogP contribution is -1.90. The van der Waals surface area contributed by atoms with Gasteiger partial charge in [0, 0.05) is 4.47 Å². The smallest absolute Gasteiger partial charge is 0.146 e. The molecular formula is C14H9BrClNO. The molecule has 0 saturated carbocycles. The Morgan fingerprint density at radius 3 is 2.67 bits per heavy atom. The average Bonchev–Trinajstić information content (AvgIpc) is 2.33. The number of hydrogen-bond acceptors (Lipinski definition) is 2. The van der Waals surface area contributed by atoms with E-state index >= 15 is 0 Å². The molecule has 2 aromatic rings. The maximum absolute atomic E-state index is 9.10. The third-order valence-corrected chi connectivity index (χ3v) is 3.35. The number of nitriles is 1. The zero-order valence-corrected chi connectivity index (χ0v) is 11.9. The molecule has 18 heavy (non-hydrogen) atoms. The number of aryl methyl sites for hydroxylation is 1. The molecular weight excluding hydrogens is 314 g/mol. The van der Waals surface area contributed by atoms with Crippen LogP contribution in [0.2, 0.25) is 5.02 Å². The molecule has 0 unspecified atom stereocenters. The summed E-state index contributed by atoms with van der Waals surface area (Å²) in [5.41, 5.74) is 1.51. The molecule has 2 rings (SSSR count). The van der Waals surface area contributed by atoms with E-state index in [1.165, 1.54) is 0 Å². The zero-order chi connectivity index (χ0) is 13.1. The van der Waals surface area contributed by atoms with Crippen LogP contribution in [0, 0.1) is 18.3 Å². The van der Waals surface area contributed by atoms with E-state index in [0.29, 0.717) is 26.6 Å². The van der Waals surface area contributed by atoms with Gasteiger partial charge in [0.1, 0.15) is 23.1 Å². The van der Waals surface area contributed by atoms with Gasteiger partial charge in [0.2, 0.25) is 0 Å². The second-order valence-corrected chi connectivity index (χ2v) is 5.02. The van der Waals surface area contributed by atoms with Crippen molar-refractivity contribution in [1.29, 1.82) is 5.26 Å². The Hall–Kier alpha value is -1.50. The molecule has 4 heteroatoms. The summed E-state index contributed by atoms with van der Waals surface area (Å²) in [6, 6.07) is 13.0. The van der Waals surface area contributed by atoms with Gasteiger partial charge in [0.05, 0.1) is 5.02 Å². The first-order chi connectivity index (χ1) is 8.61. The highest BCUT2D eigenvalue weighted by atomic mass is 79.9. The first-order valence-corrected chi connectivity index (χ1v) is 6.41. The van der Waals surface area contributed by atoms with Gasteiger partial charge in [-0.2, -0.15) is 5.26 Å². The van der Waals surface area contributed by atoms with Crippen LogP contribution in [0.15, 0.2) is 40.9 Å². The fraction of sp³-hybridized carbons (Fsp3) is 0.0714. The molecule has 0 amide bonds. The molecule has 0 bridgehead atoms. The van der Waals surface area contributed by atoms with Crippen LogP contribution in [0.1, 0.15) is 11.1 Å². The van der Waals surface area contributed by atoms with Gasteiger partial charge < -0.3 is 4.74 Å². The highest BCUT2D eigenvalue weighted by Crippen LogP contribution is 2.33. The van der Waals surface area contributed by atoms with Gasteiger partial charge in [-0.1, -0.05) is 23.7 Å². The molecule has 0 saturated heterocycles. The van der Waals surface area contributed by atoms with Crippen LogP contribution in [-0.2, 0) is 0 Å². The van der Waals surface area contributed by atoms with E-state index in [1.54, 1.807) is 18.2 Å². The van der Waals surface area contributed by atoms with Crippen LogP contribution in [-0.4, -0.2) is 0 Å². The molecule has 90 valence electrons. The van der Waals surface area contributed by atoms with Crippen molar-refractivity contribution in [1.82, 2.24) is 0 Å². The summed E-state index contributed by atoms with van der Waals surface area (Å²) in [4.78, 5) is 0. The Kier molecular flexibility index (Phi) is 3.90. The van der Waals surface area contributed by atoms with Crippen LogP contribution < -0.4 is 4.74 Å². The highest BCUT2D eigenvalue weighted by molar-refractivity contribution is 9.10. The van der Waals surface area contributed by atoms with E-state index < -0.39 is 0 Å². The SMILES string of the molecule is Cc1ccc(Oc2cccc(Br)c2C#N)c(Cl)c1. The van der Waals surface area contributed by atoms with Crippen molar-refractivity contribution < 1.29 is 4.74 Å². The minimum Gasteiger partial charge on any atom is -0.454 e. The zero-order valence-electron chi connectivity index (χ0n) is 9.58. The standard InChI is InChI=1S/C14H9BrClNO/c1-9-5-6-14(12(16)7-9)18-13-4-2-3-11(15)10(13)8-17/h2-7H,1H3. The topological polar surface area (TPSA) is 33.0 Å². The molecule has 0 radical (unpaired) electrons. The molecule has 0 spiro atoms. The number of nitrogens with zero attached hydrogens (tertiary/aromatic N) is 1. The minimum absolute atomic E-state index is 0.453. The Morgan fingerprint density at radius 2 is 2.00 bits per heavy atom. The summed E-state index contributed by atoms with van der Waals surface area (Å²) in [6.07, 6.45) is 0. The fourth-order valence-corrected chi connectivity index (χ4v) is 2.22. The predicted molar refractivity (Wildman–Crippen MR) is 75.1 cm³/mol. The average molecular weight is 323 g/mol. The normalized spacial score (nSPS) is 9.89. The first kappa shape index (κ1) is 12.9. The van der Waals surface area contributed by atoms with Gasteiger partial charge in [-0.25, -0.2) is 0 Å². The maximum atomic E-state index is 9.10. The lowest BCUT2D eigenvalue weighted by atomic mass is 10.2. The monoisotopic (exact) mass is 321 g/mol. The van der Waals surface area contributed by atoms with Crippen molar-refractivity contribution in [2.45, 2.75) is 6.92 Å². The van der Waals surface area contributed by atoms with Gasteiger partial charge in [-0.05, 0) is 52.7 Å². The summed E-state index contributed by atoms with van der Waals surface area (Å²) in [5.74, 6) is 1.02. The number of benzene rings is 2. The summed E-state index contributed by atoms with van der Waals surface area (Å²) in [6.45, 7) is 1.95. The first-order valence-electron chi connectivity index (χ1n) is 5.24. The predicted octanol–water partition coefficient (Wildman–Crippen LogP) is 5.07. The molecule has 0 aliphatic heterocycles. The highest BCUT2D eigenvalue weighted by Gasteiger charge is 2.10. The fourth-order valence-electron chi connectivity index (χ4n) is 1.51. The van der Waals surface area contributed by atoms with E-state index in [-0.39, 0.29) is 0 Å². The molecule has 0 atom stereocenters. The molecule has 0 aliphatic carbocycles. The van der Waals surface area contributed by atoms with Crippen molar-refractivity contribution in [2.75, 3.05) is 0 Å². The molecule has 2 aromatic carbocycles. The summed E-state index contributed by atoms with van der Waals surface area (Å²) >= 11 is 9.41. The summed E-state index contributed by atoms with van der Waals surface area (Å²) in [7, 11) is 0. The number of hydrogen-bond donors (Lipinski definition) is 0. The lowest BCUT2D eigenvalue weighted by molar-refractivity contribution is 0.481. The largest absolute Gasteiger partial charge is 0.454 e. The lowest BCUT2D eigenvalue weighted by Gasteiger charge is -2.10. The van der Waals surface area contributed by atoms with Gasteiger partial charge in [0.25, 0.3) is 0 Å². The molecule has 0 aliphatic rings. The van der Waals surface area contributed by atoms with E-state index in [1.807, 2.05) is 25.1 Å². The van der Waals surface area contributed by atoms with E-state index in [9.17, 15) is 0 Å². The Balaban J connectivity index is 2.41. The van der Waals surface area contributed by atoms with Crippen molar-refractivity contribution in [3.8, 4) is 17.6 Å². The number of rotatable bonds is 2. The van der Waals surface area contributed by atoms with Crippen LogP contribution >= 0.6 is 27.5 Å². The van der Waals surface area contributed by atoms with Crippen molar-refractivity contribution >= 4 is 27.5 Å². The van der Waals surface area contributed by atoms with Crippen LogP contribution in [0.3, 0.4) is 0 Å². The molecule has 0 fully saturated rings. The number of ether oxygens (including phenoxy) is 1. The number of halogens is 2. The van der Waals surface area contributed by atoms with Crippen LogP contribution in [0.5, 0.6) is 11.5 Å². The van der Waals surface area contributed by atoms with Crippen molar-refractivity contribution in [2.24, 2.45) is 0 Å². The summed E-state index contributed by atoms with van der Waals surface area (Å²) < 4.78 is 6.38. The Morgan fingerprint density at radius 1 is 1.22 bits per heavy atom. The van der Waals surface area contributed by atoms with Crippen LogP contribution in [0.25, 0.3) is 0 Å². The Bertz CT molecular complexity index is 634. The third-order valence-electron chi connectivity index (χ3n) is 2.39. The van der Waals surface area contributed by atoms with E-state index in [0.717, 1.165) is 5.56 Å². The molecule has 2 nitrogen and oxygen atoms in total. The second kappa shape index (κ2) is 5.43. The van der Waals surface area contributed by atoms with E-state index in [4.69, 9.17) is 21.6 Å². The van der Waals surface area contributed by atoms with Crippen LogP contribution in [0.4, 0.5) is 0 Å². The minimum atomic E-state index is 0.453. The van der Waals surface area contributed by atoms with Crippen molar-refractivity contribution in [3.63, 3.8) is 0 Å². The molecule has 0 N–H and O–H groups in total. The van der Waals surface area contributed by atoms with Gasteiger partial charge in [0.15, 0.2) is 0 Å². The van der Waals surface area contributed by atoms with Crippen molar-refractivity contribution in [3.05, 3.63) is 57.0 Å². The maximum Gasteiger partial charge on any atom is 0.146 e.